The number of hydrogen-bond acceptors (Lipinski definition) is 5. The highest BCUT2D eigenvalue weighted by Gasteiger charge is 2.23. The Bertz CT molecular complexity index is 644. The van der Waals surface area contributed by atoms with Crippen molar-refractivity contribution in [3.63, 3.8) is 0 Å². The molecule has 0 bridgehead atoms. The van der Waals surface area contributed by atoms with E-state index in [0.717, 1.165) is 34.7 Å². The third-order valence-electron chi connectivity index (χ3n) is 4.55. The van der Waals surface area contributed by atoms with Gasteiger partial charge in [0.25, 0.3) is 0 Å². The van der Waals surface area contributed by atoms with Gasteiger partial charge in [0.05, 0.1) is 11.3 Å². The van der Waals surface area contributed by atoms with E-state index in [0.29, 0.717) is 11.7 Å². The van der Waals surface area contributed by atoms with E-state index in [-0.39, 0.29) is 0 Å². The number of rotatable bonds is 7. The Kier molecular flexibility index (Phi) is 5.74. The Labute approximate surface area is 138 Å². The van der Waals surface area contributed by atoms with Gasteiger partial charge in [-0.1, -0.05) is 44.7 Å². The monoisotopic (exact) mass is 316 g/mol. The summed E-state index contributed by atoms with van der Waals surface area (Å²) in [6, 6.07) is 0. The molecule has 0 spiro atoms. The van der Waals surface area contributed by atoms with E-state index in [1.807, 2.05) is 20.8 Å². The topological polar surface area (TPSA) is 77.8 Å². The highest BCUT2D eigenvalue weighted by atomic mass is 16.5. The van der Waals surface area contributed by atoms with Crippen LogP contribution >= 0.6 is 0 Å². The predicted molar refractivity (Wildman–Crippen MR) is 93.3 cm³/mol. The number of nitrogens with zero attached hydrogens (tertiary/aromatic N) is 3. The number of nitrogen functional groups attached to an aromatic ring is 1. The SMILES string of the molecule is CCCCCCC(C)c1c(-c2c(C)noc2C)nnc(N)c1C. The van der Waals surface area contributed by atoms with E-state index in [4.69, 9.17) is 10.3 Å². The molecule has 23 heavy (non-hydrogen) atoms. The Morgan fingerprint density at radius 1 is 1.09 bits per heavy atom. The Morgan fingerprint density at radius 3 is 2.43 bits per heavy atom. The van der Waals surface area contributed by atoms with E-state index in [1.54, 1.807) is 0 Å². The van der Waals surface area contributed by atoms with Crippen LogP contribution < -0.4 is 5.73 Å². The van der Waals surface area contributed by atoms with Gasteiger partial charge in [-0.2, -0.15) is 0 Å². The lowest BCUT2D eigenvalue weighted by Crippen LogP contribution is -2.08. The first-order chi connectivity index (χ1) is 11.0. The van der Waals surface area contributed by atoms with Crippen molar-refractivity contribution in [1.82, 2.24) is 15.4 Å². The van der Waals surface area contributed by atoms with Crippen LogP contribution in [0.15, 0.2) is 4.52 Å². The Balaban J connectivity index is 2.39. The predicted octanol–water partition coefficient (Wildman–Crippen LogP) is 4.71. The average Bonchev–Trinajstić information content (AvgIpc) is 2.85. The maximum absolute atomic E-state index is 6.02. The van der Waals surface area contributed by atoms with Crippen LogP contribution in [0.1, 0.15) is 74.5 Å². The lowest BCUT2D eigenvalue weighted by atomic mass is 9.88. The zero-order chi connectivity index (χ0) is 17.0. The molecule has 0 aliphatic carbocycles. The van der Waals surface area contributed by atoms with Crippen LogP contribution in [0.3, 0.4) is 0 Å². The van der Waals surface area contributed by atoms with Crippen LogP contribution in [0, 0.1) is 20.8 Å². The molecule has 0 radical (unpaired) electrons. The second-order valence-electron chi connectivity index (χ2n) is 6.42. The zero-order valence-corrected chi connectivity index (χ0v) is 14.9. The molecule has 5 heteroatoms. The van der Waals surface area contributed by atoms with E-state index < -0.39 is 0 Å². The second kappa shape index (κ2) is 7.57. The molecule has 0 amide bonds. The maximum Gasteiger partial charge on any atom is 0.149 e. The lowest BCUT2D eigenvalue weighted by molar-refractivity contribution is 0.393. The molecule has 0 aromatic carbocycles. The van der Waals surface area contributed by atoms with Gasteiger partial charge in [0.2, 0.25) is 0 Å². The summed E-state index contributed by atoms with van der Waals surface area (Å²) in [5.74, 6) is 1.67. The van der Waals surface area contributed by atoms with Crippen LogP contribution in [-0.4, -0.2) is 15.4 Å². The lowest BCUT2D eigenvalue weighted by Gasteiger charge is -2.19. The molecule has 0 saturated carbocycles. The third-order valence-corrected chi connectivity index (χ3v) is 4.55. The van der Waals surface area contributed by atoms with E-state index >= 15 is 0 Å². The molecule has 5 nitrogen and oxygen atoms in total. The molecule has 2 aromatic rings. The summed E-state index contributed by atoms with van der Waals surface area (Å²) in [4.78, 5) is 0. The molecule has 2 aromatic heterocycles. The van der Waals surface area contributed by atoms with Gasteiger partial charge in [-0.15, -0.1) is 10.2 Å². The van der Waals surface area contributed by atoms with E-state index in [9.17, 15) is 0 Å². The molecule has 0 saturated heterocycles. The van der Waals surface area contributed by atoms with Crippen LogP contribution in [0.5, 0.6) is 0 Å². The molecule has 2 N–H and O–H groups in total. The highest BCUT2D eigenvalue weighted by Crippen LogP contribution is 2.36. The van der Waals surface area contributed by atoms with Gasteiger partial charge in [0, 0.05) is 0 Å². The number of nitrogens with two attached hydrogens (primary N) is 1. The number of anilines is 1. The summed E-state index contributed by atoms with van der Waals surface area (Å²) >= 11 is 0. The van der Waals surface area contributed by atoms with Gasteiger partial charge in [-0.05, 0) is 44.2 Å². The second-order valence-corrected chi connectivity index (χ2v) is 6.42. The minimum Gasteiger partial charge on any atom is -0.382 e. The summed E-state index contributed by atoms with van der Waals surface area (Å²) in [6.45, 7) is 10.4. The summed E-state index contributed by atoms with van der Waals surface area (Å²) in [6.07, 6.45) is 6.16. The molecular formula is C18H28N4O. The fraction of sp³-hybridized carbons (Fsp3) is 0.611. The zero-order valence-electron chi connectivity index (χ0n) is 14.9. The van der Waals surface area contributed by atoms with Crippen molar-refractivity contribution < 1.29 is 4.52 Å². The van der Waals surface area contributed by atoms with Crippen molar-refractivity contribution in [3.05, 3.63) is 22.6 Å². The van der Waals surface area contributed by atoms with Crippen molar-refractivity contribution in [1.29, 1.82) is 0 Å². The van der Waals surface area contributed by atoms with Crippen LogP contribution in [0.2, 0.25) is 0 Å². The van der Waals surface area contributed by atoms with Gasteiger partial charge in [-0.3, -0.25) is 0 Å². The van der Waals surface area contributed by atoms with Crippen molar-refractivity contribution >= 4 is 5.82 Å². The minimum absolute atomic E-state index is 0.383. The maximum atomic E-state index is 6.02. The summed E-state index contributed by atoms with van der Waals surface area (Å²) in [5, 5.41) is 12.6. The first kappa shape index (κ1) is 17.4. The Morgan fingerprint density at radius 2 is 1.83 bits per heavy atom. The fourth-order valence-electron chi connectivity index (χ4n) is 3.18. The van der Waals surface area contributed by atoms with Crippen LogP contribution in [-0.2, 0) is 0 Å². The summed E-state index contributed by atoms with van der Waals surface area (Å²) in [5.41, 5.74) is 10.9. The van der Waals surface area contributed by atoms with Crippen molar-refractivity contribution in [2.45, 2.75) is 72.6 Å². The molecule has 126 valence electrons. The minimum atomic E-state index is 0.383. The van der Waals surface area contributed by atoms with Gasteiger partial charge in [0.1, 0.15) is 17.3 Å². The fourth-order valence-corrected chi connectivity index (χ4v) is 3.18. The van der Waals surface area contributed by atoms with E-state index in [2.05, 4.69) is 29.2 Å². The quantitative estimate of drug-likeness (QED) is 0.748. The standard InChI is InChI=1S/C18H28N4O/c1-6-7-8-9-10-11(2)15-12(3)18(19)21-20-17(15)16-13(4)22-23-14(16)5/h11H,6-10H2,1-5H3,(H2,19,21). The smallest absolute Gasteiger partial charge is 0.149 e. The molecule has 0 aliphatic rings. The first-order valence-electron chi connectivity index (χ1n) is 8.53. The molecular weight excluding hydrogens is 288 g/mol. The number of hydrogen-bond donors (Lipinski definition) is 1. The van der Waals surface area contributed by atoms with Gasteiger partial charge >= 0.3 is 0 Å². The molecule has 2 heterocycles. The van der Waals surface area contributed by atoms with E-state index in [1.165, 1.54) is 31.2 Å². The van der Waals surface area contributed by atoms with Crippen LogP contribution in [0.25, 0.3) is 11.3 Å². The molecule has 1 unspecified atom stereocenters. The molecule has 1 atom stereocenters. The number of aromatic nitrogens is 3. The van der Waals surface area contributed by atoms with Crippen molar-refractivity contribution in [2.75, 3.05) is 5.73 Å². The van der Waals surface area contributed by atoms with Gasteiger partial charge in [-0.25, -0.2) is 0 Å². The highest BCUT2D eigenvalue weighted by molar-refractivity contribution is 5.70. The van der Waals surface area contributed by atoms with Crippen LogP contribution in [0.4, 0.5) is 5.82 Å². The molecule has 2 rings (SSSR count). The molecule has 0 aliphatic heterocycles. The number of aryl methyl sites for hydroxylation is 2. The van der Waals surface area contributed by atoms with Gasteiger partial charge in [0.15, 0.2) is 0 Å². The summed E-state index contributed by atoms with van der Waals surface area (Å²) in [7, 11) is 0. The Hall–Kier alpha value is -1.91. The summed E-state index contributed by atoms with van der Waals surface area (Å²) < 4.78 is 5.32. The van der Waals surface area contributed by atoms with Crippen molar-refractivity contribution in [3.8, 4) is 11.3 Å². The van der Waals surface area contributed by atoms with Gasteiger partial charge < -0.3 is 10.3 Å². The third kappa shape index (κ3) is 3.71. The first-order valence-corrected chi connectivity index (χ1v) is 8.53. The average molecular weight is 316 g/mol. The molecule has 0 fully saturated rings. The largest absolute Gasteiger partial charge is 0.382 e. The normalized spacial score (nSPS) is 12.6. The number of unbranched alkanes of at least 4 members (excludes halogenated alkanes) is 3. The van der Waals surface area contributed by atoms with Crippen molar-refractivity contribution in [2.24, 2.45) is 0 Å².